The molecular formula is C28H32N3O7S4+. The minimum absolute atomic E-state index is 0.155. The van der Waals surface area contributed by atoms with Gasteiger partial charge in [-0.1, -0.05) is 54.3 Å². The summed E-state index contributed by atoms with van der Waals surface area (Å²) in [5.74, 6) is 0.198. The van der Waals surface area contributed by atoms with Crippen molar-refractivity contribution in [1.82, 2.24) is 5.48 Å². The predicted molar refractivity (Wildman–Crippen MR) is 168 cm³/mol. The fraction of sp³-hybridized carbons (Fsp3) is 0.321. The lowest BCUT2D eigenvalue weighted by molar-refractivity contribution is -0.667. The van der Waals surface area contributed by atoms with E-state index in [1.807, 2.05) is 36.4 Å². The number of rotatable bonds is 13. The van der Waals surface area contributed by atoms with Crippen molar-refractivity contribution in [3.63, 3.8) is 0 Å². The second kappa shape index (κ2) is 12.9. The monoisotopic (exact) mass is 650 g/mol. The van der Waals surface area contributed by atoms with Crippen molar-refractivity contribution in [3.8, 4) is 5.75 Å². The van der Waals surface area contributed by atoms with E-state index in [1.165, 1.54) is 0 Å². The van der Waals surface area contributed by atoms with Gasteiger partial charge in [0.15, 0.2) is 6.54 Å². The van der Waals surface area contributed by atoms with Crippen molar-refractivity contribution in [1.29, 1.82) is 0 Å². The quantitative estimate of drug-likeness (QED) is 0.118. The highest BCUT2D eigenvalue weighted by Crippen LogP contribution is 2.48. The van der Waals surface area contributed by atoms with E-state index < -0.39 is 20.2 Å². The van der Waals surface area contributed by atoms with Crippen LogP contribution in [-0.4, -0.2) is 53.1 Å². The van der Waals surface area contributed by atoms with E-state index in [0.29, 0.717) is 31.8 Å². The Morgan fingerprint density at radius 1 is 1.05 bits per heavy atom. The van der Waals surface area contributed by atoms with Gasteiger partial charge in [-0.05, 0) is 36.1 Å². The summed E-state index contributed by atoms with van der Waals surface area (Å²) < 4.78 is 70.4. The largest absolute Gasteiger partial charge is 0.497 e. The number of aryl methyl sites for hydroxylation is 1. The molecule has 1 aromatic heterocycles. The molecule has 0 aliphatic carbocycles. The molecule has 0 amide bonds. The second-order valence-corrected chi connectivity index (χ2v) is 15.0. The molecule has 42 heavy (non-hydrogen) atoms. The molecular weight excluding hydrogens is 619 g/mol. The molecule has 4 aromatic rings. The first-order chi connectivity index (χ1) is 20.1. The molecule has 2 N–H and O–H groups in total. The Morgan fingerprint density at radius 3 is 2.62 bits per heavy atom. The van der Waals surface area contributed by atoms with Gasteiger partial charge in [0, 0.05) is 30.5 Å². The van der Waals surface area contributed by atoms with Crippen LogP contribution < -0.4 is 19.7 Å². The van der Waals surface area contributed by atoms with Crippen LogP contribution in [0.15, 0.2) is 64.5 Å². The van der Waals surface area contributed by atoms with Gasteiger partial charge in [0.25, 0.3) is 25.2 Å². The maximum atomic E-state index is 12.3. The zero-order valence-corrected chi connectivity index (χ0v) is 26.4. The number of ether oxygens (including phenoxy) is 1. The molecule has 0 unspecified atom stereocenters. The summed E-state index contributed by atoms with van der Waals surface area (Å²) in [5, 5.41) is 3.94. The SMILES string of the molecule is CCNOS(=O)(=O)CCCN1C(=Cc2sc3ccc4ccccc4c3[n+]2CCCS(=O)(=O)O)Sc2ccc(OC)cc21. The van der Waals surface area contributed by atoms with Crippen LogP contribution in [0.1, 0.15) is 24.8 Å². The number of hydroxylamine groups is 1. The third kappa shape index (κ3) is 7.08. The summed E-state index contributed by atoms with van der Waals surface area (Å²) in [4.78, 5) is 3.09. The van der Waals surface area contributed by atoms with Crippen molar-refractivity contribution >= 4 is 76.1 Å². The molecule has 0 fully saturated rings. The van der Waals surface area contributed by atoms with Crippen LogP contribution in [0, 0.1) is 0 Å². The number of thiazole rings is 1. The lowest BCUT2D eigenvalue weighted by atomic mass is 10.1. The Balaban J connectivity index is 1.55. The van der Waals surface area contributed by atoms with Gasteiger partial charge in [0.1, 0.15) is 10.4 Å². The molecule has 1 aliphatic heterocycles. The van der Waals surface area contributed by atoms with Crippen molar-refractivity contribution in [2.45, 2.75) is 31.2 Å². The molecule has 0 atom stereocenters. The van der Waals surface area contributed by atoms with Crippen LogP contribution in [0.25, 0.3) is 27.1 Å². The summed E-state index contributed by atoms with van der Waals surface area (Å²) in [6, 6.07) is 18.0. The molecule has 0 saturated carbocycles. The Morgan fingerprint density at radius 2 is 1.86 bits per heavy atom. The zero-order valence-electron chi connectivity index (χ0n) is 23.1. The number of benzene rings is 3. The number of hydrogen-bond donors (Lipinski definition) is 2. The minimum Gasteiger partial charge on any atom is -0.497 e. The van der Waals surface area contributed by atoms with E-state index in [-0.39, 0.29) is 17.9 Å². The molecule has 1 aliphatic rings. The second-order valence-electron chi connectivity index (χ2n) is 9.63. The molecule has 10 nitrogen and oxygen atoms in total. The fourth-order valence-electron chi connectivity index (χ4n) is 4.85. The van der Waals surface area contributed by atoms with Crippen LogP contribution in [0.4, 0.5) is 5.69 Å². The number of aromatic nitrogens is 1. The number of thioether (sulfide) groups is 1. The smallest absolute Gasteiger partial charge is 0.283 e. The highest BCUT2D eigenvalue weighted by Gasteiger charge is 2.29. The summed E-state index contributed by atoms with van der Waals surface area (Å²) in [6.45, 7) is 2.93. The van der Waals surface area contributed by atoms with Gasteiger partial charge in [-0.3, -0.25) is 4.55 Å². The highest BCUT2D eigenvalue weighted by atomic mass is 32.2. The summed E-state index contributed by atoms with van der Waals surface area (Å²) in [7, 11) is -6.23. The van der Waals surface area contributed by atoms with E-state index in [1.54, 1.807) is 37.1 Å². The molecule has 0 bridgehead atoms. The third-order valence-corrected chi connectivity index (χ3v) is 10.9. The van der Waals surface area contributed by atoms with Gasteiger partial charge in [-0.15, -0.1) is 0 Å². The lowest BCUT2D eigenvalue weighted by Gasteiger charge is -2.20. The van der Waals surface area contributed by atoms with E-state index in [2.05, 4.69) is 39.2 Å². The summed E-state index contributed by atoms with van der Waals surface area (Å²) in [6.07, 6.45) is 2.63. The molecule has 0 radical (unpaired) electrons. The molecule has 0 spiro atoms. The number of nitrogens with zero attached hydrogens (tertiary/aromatic N) is 2. The highest BCUT2D eigenvalue weighted by molar-refractivity contribution is 8.04. The average molecular weight is 651 g/mol. The zero-order chi connectivity index (χ0) is 29.9. The molecule has 3 aromatic carbocycles. The number of methoxy groups -OCH3 is 1. The van der Waals surface area contributed by atoms with Crippen molar-refractivity contribution in [2.75, 3.05) is 36.6 Å². The van der Waals surface area contributed by atoms with Crippen molar-refractivity contribution in [3.05, 3.63) is 64.6 Å². The van der Waals surface area contributed by atoms with Gasteiger partial charge in [0.2, 0.25) is 5.52 Å². The number of nitrogens with one attached hydrogen (secondary N) is 1. The van der Waals surface area contributed by atoms with Gasteiger partial charge in [-0.25, -0.2) is 0 Å². The van der Waals surface area contributed by atoms with Crippen LogP contribution in [0.5, 0.6) is 5.75 Å². The van der Waals surface area contributed by atoms with E-state index in [4.69, 9.17) is 9.02 Å². The molecule has 14 heteroatoms. The van der Waals surface area contributed by atoms with Crippen LogP contribution >= 0.6 is 23.1 Å². The number of hydrogen-bond acceptors (Lipinski definition) is 10. The van der Waals surface area contributed by atoms with Crippen LogP contribution in [-0.2, 0) is 31.1 Å². The van der Waals surface area contributed by atoms with Gasteiger partial charge >= 0.3 is 0 Å². The first-order valence-electron chi connectivity index (χ1n) is 13.4. The molecule has 2 heterocycles. The summed E-state index contributed by atoms with van der Waals surface area (Å²) in [5.41, 5.74) is 4.33. The average Bonchev–Trinajstić information content (AvgIpc) is 3.48. The van der Waals surface area contributed by atoms with Gasteiger partial charge < -0.3 is 9.64 Å². The van der Waals surface area contributed by atoms with Crippen LogP contribution in [0.2, 0.25) is 0 Å². The summed E-state index contributed by atoms with van der Waals surface area (Å²) >= 11 is 3.17. The molecule has 224 valence electrons. The van der Waals surface area contributed by atoms with E-state index >= 15 is 0 Å². The maximum absolute atomic E-state index is 12.3. The van der Waals surface area contributed by atoms with Gasteiger partial charge in [0.05, 0.1) is 40.8 Å². The van der Waals surface area contributed by atoms with Crippen molar-refractivity contribution in [2.24, 2.45) is 0 Å². The third-order valence-electron chi connectivity index (χ3n) is 6.69. The van der Waals surface area contributed by atoms with Crippen LogP contribution in [0.3, 0.4) is 0 Å². The minimum atomic E-state index is -4.10. The lowest BCUT2D eigenvalue weighted by Crippen LogP contribution is -2.36. The number of fused-ring (bicyclic) bond motifs is 4. The first-order valence-corrected chi connectivity index (χ1v) is 18.2. The first kappa shape index (κ1) is 30.7. The topological polar surface area (TPSA) is 126 Å². The Bertz CT molecular complexity index is 1850. The Labute approximate surface area is 253 Å². The molecule has 0 saturated heterocycles. The Kier molecular flexibility index (Phi) is 9.42. The normalized spacial score (nSPS) is 14.7. The Hall–Kier alpha value is -2.72. The van der Waals surface area contributed by atoms with Crippen molar-refractivity contribution < 1.29 is 35.0 Å². The maximum Gasteiger partial charge on any atom is 0.283 e. The number of anilines is 1. The fourth-order valence-corrected chi connectivity index (χ4v) is 8.53. The standard InChI is InChI=1S/C28H31N3O7S4/c1-3-29-38-42(35,36)17-7-14-30-23-18-21(37-2)11-13-24(23)39-26(30)19-27-31(15-6-16-41(32,33)34)28-22-9-5-4-8-20(22)10-12-25(28)40-27/h4-5,8-13,18-19,29H,3,6-7,14-17H2,1-2H3/p+1. The van der Waals surface area contributed by atoms with Gasteiger partial charge in [-0.2, -0.15) is 31.2 Å². The molecule has 5 rings (SSSR count). The van der Waals surface area contributed by atoms with E-state index in [9.17, 15) is 21.4 Å². The van der Waals surface area contributed by atoms with E-state index in [0.717, 1.165) is 41.6 Å². The predicted octanol–water partition coefficient (Wildman–Crippen LogP) is 4.80.